The Morgan fingerprint density at radius 1 is 1.12 bits per heavy atom. The lowest BCUT2D eigenvalue weighted by Crippen LogP contribution is -2.43. The third-order valence-electron chi connectivity index (χ3n) is 4.35. The Kier molecular flexibility index (Phi) is 6.28. The molecule has 2 aromatic carbocycles. The largest absolute Gasteiger partial charge is 0.338 e. The number of likely N-dealkylation sites (tertiary alicyclic amines) is 1. The molecule has 1 aliphatic heterocycles. The molecule has 136 valence electrons. The summed E-state index contributed by atoms with van der Waals surface area (Å²) in [6.45, 7) is 1.69. The van der Waals surface area contributed by atoms with Gasteiger partial charge >= 0.3 is 6.03 Å². The van der Waals surface area contributed by atoms with Gasteiger partial charge < -0.3 is 15.5 Å². The maximum absolute atomic E-state index is 12.2. The summed E-state index contributed by atoms with van der Waals surface area (Å²) in [6.07, 6.45) is 1.11. The third kappa shape index (κ3) is 5.33. The summed E-state index contributed by atoms with van der Waals surface area (Å²) in [5, 5.41) is 5.76. The van der Waals surface area contributed by atoms with Crippen LogP contribution in [0.15, 0.2) is 59.1 Å². The van der Waals surface area contributed by atoms with E-state index in [1.165, 1.54) is 0 Å². The van der Waals surface area contributed by atoms with E-state index in [4.69, 9.17) is 0 Å². The SMILES string of the molecule is O=C(NCCc1cccc(Br)c1)NC1CC(=O)N(Cc2ccccc2)C1. The number of nitrogens with zero attached hydrogens (tertiary/aromatic N) is 1. The maximum Gasteiger partial charge on any atom is 0.315 e. The molecule has 0 radical (unpaired) electrons. The Bertz CT molecular complexity index is 767. The molecule has 3 amide bonds. The number of nitrogens with one attached hydrogen (secondary N) is 2. The van der Waals surface area contributed by atoms with Crippen molar-refractivity contribution in [2.24, 2.45) is 0 Å². The lowest BCUT2D eigenvalue weighted by Gasteiger charge is -2.17. The lowest BCUT2D eigenvalue weighted by molar-refractivity contribution is -0.128. The molecule has 2 aromatic rings. The molecule has 3 rings (SSSR count). The van der Waals surface area contributed by atoms with E-state index in [0.717, 1.165) is 22.0 Å². The molecule has 0 aromatic heterocycles. The van der Waals surface area contributed by atoms with Crippen molar-refractivity contribution in [1.82, 2.24) is 15.5 Å². The highest BCUT2D eigenvalue weighted by Gasteiger charge is 2.30. The smallest absolute Gasteiger partial charge is 0.315 e. The Hall–Kier alpha value is -2.34. The van der Waals surface area contributed by atoms with Crippen LogP contribution >= 0.6 is 15.9 Å². The van der Waals surface area contributed by atoms with Crippen molar-refractivity contribution in [2.75, 3.05) is 13.1 Å². The molecule has 26 heavy (non-hydrogen) atoms. The van der Waals surface area contributed by atoms with Crippen LogP contribution in [-0.4, -0.2) is 36.0 Å². The molecule has 0 saturated carbocycles. The second-order valence-electron chi connectivity index (χ2n) is 6.44. The van der Waals surface area contributed by atoms with Gasteiger partial charge in [-0.25, -0.2) is 4.79 Å². The number of carbonyl (C=O) groups excluding carboxylic acids is 2. The molecule has 1 heterocycles. The summed E-state index contributed by atoms with van der Waals surface area (Å²) in [5.41, 5.74) is 2.25. The highest BCUT2D eigenvalue weighted by atomic mass is 79.9. The van der Waals surface area contributed by atoms with Crippen LogP contribution < -0.4 is 10.6 Å². The van der Waals surface area contributed by atoms with Gasteiger partial charge in [0.1, 0.15) is 0 Å². The quantitative estimate of drug-likeness (QED) is 0.761. The van der Waals surface area contributed by atoms with Crippen LogP contribution in [0.5, 0.6) is 0 Å². The molecule has 6 heteroatoms. The van der Waals surface area contributed by atoms with E-state index in [0.29, 0.717) is 26.1 Å². The number of carbonyl (C=O) groups is 2. The number of hydrogen-bond acceptors (Lipinski definition) is 2. The van der Waals surface area contributed by atoms with Gasteiger partial charge in [0.25, 0.3) is 0 Å². The first kappa shape index (κ1) is 18.5. The Balaban J connectivity index is 1.41. The first-order valence-electron chi connectivity index (χ1n) is 8.70. The summed E-state index contributed by atoms with van der Waals surface area (Å²) in [4.78, 5) is 26.0. The Morgan fingerprint density at radius 3 is 2.65 bits per heavy atom. The van der Waals surface area contributed by atoms with Crippen molar-refractivity contribution in [2.45, 2.75) is 25.4 Å². The zero-order valence-electron chi connectivity index (χ0n) is 14.5. The minimum Gasteiger partial charge on any atom is -0.338 e. The van der Waals surface area contributed by atoms with Gasteiger partial charge in [0.05, 0.1) is 6.04 Å². The van der Waals surface area contributed by atoms with Crippen LogP contribution in [0.1, 0.15) is 17.5 Å². The van der Waals surface area contributed by atoms with Gasteiger partial charge in [-0.1, -0.05) is 58.4 Å². The minimum atomic E-state index is -0.223. The molecular formula is C20H22BrN3O2. The monoisotopic (exact) mass is 415 g/mol. The van der Waals surface area contributed by atoms with Gasteiger partial charge in [-0.2, -0.15) is 0 Å². The normalized spacial score (nSPS) is 16.6. The number of halogens is 1. The highest BCUT2D eigenvalue weighted by molar-refractivity contribution is 9.10. The molecule has 1 saturated heterocycles. The minimum absolute atomic E-state index is 0.0771. The van der Waals surface area contributed by atoms with Crippen LogP contribution in [-0.2, 0) is 17.8 Å². The van der Waals surface area contributed by atoms with Gasteiger partial charge in [0.15, 0.2) is 0 Å². The van der Waals surface area contributed by atoms with Crippen molar-refractivity contribution in [1.29, 1.82) is 0 Å². The highest BCUT2D eigenvalue weighted by Crippen LogP contribution is 2.15. The Labute approximate surface area is 161 Å². The van der Waals surface area contributed by atoms with Gasteiger partial charge in [0, 0.05) is 30.5 Å². The van der Waals surface area contributed by atoms with Crippen LogP contribution in [0.2, 0.25) is 0 Å². The predicted molar refractivity (Wildman–Crippen MR) is 105 cm³/mol. The number of rotatable bonds is 6. The third-order valence-corrected chi connectivity index (χ3v) is 4.85. The molecule has 1 fully saturated rings. The summed E-state index contributed by atoms with van der Waals surface area (Å²) in [7, 11) is 0. The number of benzene rings is 2. The average Bonchev–Trinajstić information content (AvgIpc) is 2.95. The lowest BCUT2D eigenvalue weighted by atomic mass is 10.1. The van der Waals surface area contributed by atoms with E-state index in [1.54, 1.807) is 4.90 Å². The first-order chi connectivity index (χ1) is 12.6. The maximum atomic E-state index is 12.2. The standard InChI is InChI=1S/C20H22BrN3O2/c21-17-8-4-7-15(11-17)9-10-22-20(26)23-18-12-19(25)24(14-18)13-16-5-2-1-3-6-16/h1-8,11,18H,9-10,12-14H2,(H2,22,23,26). The van der Waals surface area contributed by atoms with Crippen molar-refractivity contribution in [3.63, 3.8) is 0 Å². The average molecular weight is 416 g/mol. The molecule has 0 bridgehead atoms. The summed E-state index contributed by atoms with van der Waals surface area (Å²) < 4.78 is 1.03. The number of urea groups is 1. The van der Waals surface area contributed by atoms with Crippen LogP contribution in [0, 0.1) is 0 Å². The van der Waals surface area contributed by atoms with Gasteiger partial charge in [-0.05, 0) is 29.7 Å². The topological polar surface area (TPSA) is 61.4 Å². The summed E-state index contributed by atoms with van der Waals surface area (Å²) in [5.74, 6) is 0.0771. The molecule has 0 aliphatic carbocycles. The predicted octanol–water partition coefficient (Wildman–Crippen LogP) is 3.09. The summed E-state index contributed by atoms with van der Waals surface area (Å²) >= 11 is 3.44. The van der Waals surface area contributed by atoms with Crippen molar-refractivity contribution >= 4 is 27.9 Å². The van der Waals surface area contributed by atoms with Crippen LogP contribution in [0.4, 0.5) is 4.79 Å². The van der Waals surface area contributed by atoms with Crippen LogP contribution in [0.25, 0.3) is 0 Å². The number of hydrogen-bond donors (Lipinski definition) is 2. The van der Waals surface area contributed by atoms with E-state index < -0.39 is 0 Å². The zero-order chi connectivity index (χ0) is 18.4. The van der Waals surface area contributed by atoms with E-state index in [2.05, 4.69) is 26.6 Å². The molecule has 1 unspecified atom stereocenters. The van der Waals surface area contributed by atoms with E-state index in [1.807, 2.05) is 54.6 Å². The fourth-order valence-corrected chi connectivity index (χ4v) is 3.52. The van der Waals surface area contributed by atoms with E-state index in [9.17, 15) is 9.59 Å². The van der Waals surface area contributed by atoms with Crippen molar-refractivity contribution in [3.05, 3.63) is 70.2 Å². The molecule has 5 nitrogen and oxygen atoms in total. The van der Waals surface area contributed by atoms with Gasteiger partial charge in [-0.3, -0.25) is 4.79 Å². The molecule has 1 aliphatic rings. The summed E-state index contributed by atoms with van der Waals surface area (Å²) in [6, 6.07) is 17.5. The zero-order valence-corrected chi connectivity index (χ0v) is 16.0. The van der Waals surface area contributed by atoms with Crippen LogP contribution in [0.3, 0.4) is 0 Å². The van der Waals surface area contributed by atoms with E-state index in [-0.39, 0.29) is 18.0 Å². The molecular weight excluding hydrogens is 394 g/mol. The van der Waals surface area contributed by atoms with Gasteiger partial charge in [0.2, 0.25) is 5.91 Å². The second-order valence-corrected chi connectivity index (χ2v) is 7.36. The fourth-order valence-electron chi connectivity index (χ4n) is 3.07. The van der Waals surface area contributed by atoms with Gasteiger partial charge in [-0.15, -0.1) is 0 Å². The first-order valence-corrected chi connectivity index (χ1v) is 9.50. The molecule has 2 N–H and O–H groups in total. The number of amides is 3. The fraction of sp³-hybridized carbons (Fsp3) is 0.300. The van der Waals surface area contributed by atoms with Crippen molar-refractivity contribution in [3.8, 4) is 0 Å². The van der Waals surface area contributed by atoms with E-state index >= 15 is 0 Å². The molecule has 1 atom stereocenters. The van der Waals surface area contributed by atoms with Crippen molar-refractivity contribution < 1.29 is 9.59 Å². The second kappa shape index (κ2) is 8.85. The Morgan fingerprint density at radius 2 is 1.88 bits per heavy atom. The molecule has 0 spiro atoms.